The molecule has 2 aromatic rings. The number of ether oxygens (including phenoxy) is 1. The van der Waals surface area contributed by atoms with Gasteiger partial charge in [0.2, 0.25) is 0 Å². The first-order valence-corrected chi connectivity index (χ1v) is 10.6. The Labute approximate surface area is 182 Å². The number of anilines is 1. The van der Waals surface area contributed by atoms with Crippen LogP contribution in [0.5, 0.6) is 5.75 Å². The quantitative estimate of drug-likeness (QED) is 0.796. The molecule has 6 nitrogen and oxygen atoms in total. The molecule has 1 aliphatic carbocycles. The fraction of sp³-hybridized carbons (Fsp3) is 0.360. The van der Waals surface area contributed by atoms with Crippen LogP contribution in [0.15, 0.2) is 58.9 Å². The summed E-state index contributed by atoms with van der Waals surface area (Å²) in [6.45, 7) is 5.86. The van der Waals surface area contributed by atoms with Crippen LogP contribution in [0.25, 0.3) is 0 Å². The predicted molar refractivity (Wildman–Crippen MR) is 120 cm³/mol. The van der Waals surface area contributed by atoms with Gasteiger partial charge in [0.05, 0.1) is 13.0 Å². The van der Waals surface area contributed by atoms with Crippen molar-refractivity contribution in [1.29, 1.82) is 0 Å². The van der Waals surface area contributed by atoms with Gasteiger partial charge in [0.15, 0.2) is 0 Å². The molecule has 2 heterocycles. The number of hydrogen-bond acceptors (Lipinski definition) is 5. The van der Waals surface area contributed by atoms with Gasteiger partial charge in [-0.25, -0.2) is 4.98 Å². The van der Waals surface area contributed by atoms with Crippen LogP contribution in [-0.2, 0) is 9.59 Å². The molecule has 0 radical (unpaired) electrons. The van der Waals surface area contributed by atoms with E-state index in [9.17, 15) is 9.59 Å². The topological polar surface area (TPSA) is 80.7 Å². The van der Waals surface area contributed by atoms with E-state index < -0.39 is 11.8 Å². The first-order chi connectivity index (χ1) is 14.9. The summed E-state index contributed by atoms with van der Waals surface area (Å²) in [6.07, 6.45) is 2.97. The zero-order valence-electron chi connectivity index (χ0n) is 18.3. The van der Waals surface area contributed by atoms with Crippen LogP contribution in [0, 0.1) is 18.8 Å². The van der Waals surface area contributed by atoms with Gasteiger partial charge in [-0.3, -0.25) is 14.6 Å². The lowest BCUT2D eigenvalue weighted by Gasteiger charge is -2.37. The molecule has 1 amide bonds. The molecule has 0 saturated heterocycles. The number of aromatic nitrogens is 1. The Hall–Kier alpha value is -3.28. The number of Topliss-reactive ketones (excluding diaryl/α,β-unsaturated/α-hetero) is 1. The van der Waals surface area contributed by atoms with E-state index in [0.717, 1.165) is 23.3 Å². The Morgan fingerprint density at radius 3 is 2.65 bits per heavy atom. The molecule has 1 N–H and O–H groups in total. The molecule has 2 aliphatic rings. The van der Waals surface area contributed by atoms with Crippen molar-refractivity contribution in [3.63, 3.8) is 0 Å². The third kappa shape index (κ3) is 4.15. The molecule has 0 unspecified atom stereocenters. The number of methoxy groups -OCH3 is 1. The third-order valence-electron chi connectivity index (χ3n) is 6.01. The minimum Gasteiger partial charge on any atom is -0.497 e. The standard InChI is InChI=1S/C25H27N3O3/c1-14-8-9-21(26-13-14)28-25(30)22-16(3)27-19-10-15(2)11-20(29)24(19)23(22)17-6-5-7-18(12-17)31-4/h5-9,12-13,15,23-24H,10-11H2,1-4H3,(H,26,28,30)/t15-,23+,24-/m0/s1. The maximum Gasteiger partial charge on any atom is 0.255 e. The summed E-state index contributed by atoms with van der Waals surface area (Å²) in [5.74, 6) is 0.433. The number of allylic oxidation sites excluding steroid dienone is 1. The van der Waals surface area contributed by atoms with Gasteiger partial charge < -0.3 is 10.1 Å². The molecule has 1 fully saturated rings. The zero-order valence-corrected chi connectivity index (χ0v) is 18.3. The summed E-state index contributed by atoms with van der Waals surface area (Å²) < 4.78 is 5.41. The van der Waals surface area contributed by atoms with Crippen molar-refractivity contribution in [1.82, 2.24) is 4.98 Å². The highest BCUT2D eigenvalue weighted by Gasteiger charge is 2.44. The molecule has 0 spiro atoms. The molecule has 1 aliphatic heterocycles. The number of nitrogens with one attached hydrogen (secondary N) is 1. The Morgan fingerprint density at radius 2 is 1.94 bits per heavy atom. The van der Waals surface area contributed by atoms with Gasteiger partial charge in [-0.2, -0.15) is 0 Å². The minimum absolute atomic E-state index is 0.136. The van der Waals surface area contributed by atoms with Crippen LogP contribution in [-0.4, -0.2) is 29.5 Å². The van der Waals surface area contributed by atoms with E-state index in [0.29, 0.717) is 29.3 Å². The van der Waals surface area contributed by atoms with Crippen molar-refractivity contribution in [2.45, 2.75) is 39.5 Å². The summed E-state index contributed by atoms with van der Waals surface area (Å²) in [5, 5.41) is 2.90. The SMILES string of the molecule is COc1cccc([C@@H]2C(C(=O)Nc3ccc(C)cn3)=C(C)N=C3C[C@H](C)CC(=O)[C@H]32)c1. The Balaban J connectivity index is 1.80. The number of carbonyl (C=O) groups excluding carboxylic acids is 2. The van der Waals surface area contributed by atoms with E-state index in [2.05, 4.69) is 17.2 Å². The average molecular weight is 418 g/mol. The van der Waals surface area contributed by atoms with Crippen molar-refractivity contribution >= 4 is 23.2 Å². The Morgan fingerprint density at radius 1 is 1.13 bits per heavy atom. The van der Waals surface area contributed by atoms with Crippen LogP contribution < -0.4 is 10.1 Å². The smallest absolute Gasteiger partial charge is 0.255 e. The lowest BCUT2D eigenvalue weighted by molar-refractivity contribution is -0.123. The Kier molecular flexibility index (Phi) is 5.72. The largest absolute Gasteiger partial charge is 0.497 e. The number of ketones is 1. The number of amides is 1. The molecule has 31 heavy (non-hydrogen) atoms. The fourth-order valence-electron chi connectivity index (χ4n) is 4.60. The fourth-order valence-corrected chi connectivity index (χ4v) is 4.60. The maximum atomic E-state index is 13.4. The average Bonchev–Trinajstić information content (AvgIpc) is 2.74. The van der Waals surface area contributed by atoms with Crippen LogP contribution >= 0.6 is 0 Å². The number of nitrogens with zero attached hydrogens (tertiary/aromatic N) is 2. The summed E-state index contributed by atoms with van der Waals surface area (Å²) in [5.41, 5.74) is 3.91. The lowest BCUT2D eigenvalue weighted by Crippen LogP contribution is -2.41. The van der Waals surface area contributed by atoms with Crippen LogP contribution in [0.4, 0.5) is 5.82 Å². The van der Waals surface area contributed by atoms with Gasteiger partial charge in [-0.15, -0.1) is 0 Å². The van der Waals surface area contributed by atoms with Gasteiger partial charge in [0.1, 0.15) is 17.4 Å². The highest BCUT2D eigenvalue weighted by molar-refractivity contribution is 6.14. The molecular formula is C25H27N3O3. The number of aryl methyl sites for hydroxylation is 1. The number of fused-ring (bicyclic) bond motifs is 1. The second-order valence-corrected chi connectivity index (χ2v) is 8.49. The van der Waals surface area contributed by atoms with Crippen LogP contribution in [0.3, 0.4) is 0 Å². The molecule has 3 atom stereocenters. The number of benzene rings is 1. The predicted octanol–water partition coefficient (Wildman–Crippen LogP) is 4.46. The first-order valence-electron chi connectivity index (χ1n) is 10.6. The number of rotatable bonds is 4. The van der Waals surface area contributed by atoms with E-state index in [1.807, 2.05) is 44.2 Å². The zero-order chi connectivity index (χ0) is 22.1. The number of pyridine rings is 1. The van der Waals surface area contributed by atoms with Crippen LogP contribution in [0.2, 0.25) is 0 Å². The molecule has 1 saturated carbocycles. The molecular weight excluding hydrogens is 390 g/mol. The highest BCUT2D eigenvalue weighted by atomic mass is 16.5. The van der Waals surface area contributed by atoms with Crippen LogP contribution in [0.1, 0.15) is 43.7 Å². The van der Waals surface area contributed by atoms with E-state index in [1.165, 1.54) is 0 Å². The van der Waals surface area contributed by atoms with Crippen molar-refractivity contribution in [2.75, 3.05) is 12.4 Å². The van der Waals surface area contributed by atoms with E-state index in [1.54, 1.807) is 19.4 Å². The third-order valence-corrected chi connectivity index (χ3v) is 6.01. The maximum absolute atomic E-state index is 13.4. The van der Waals surface area contributed by atoms with Crippen molar-refractivity contribution in [2.24, 2.45) is 16.8 Å². The van der Waals surface area contributed by atoms with Gasteiger partial charge in [-0.05, 0) is 55.5 Å². The minimum atomic E-state index is -0.432. The molecule has 160 valence electrons. The molecule has 1 aromatic heterocycles. The number of hydrogen-bond donors (Lipinski definition) is 1. The normalized spacial score (nSPS) is 23.2. The first kappa shape index (κ1) is 21.0. The lowest BCUT2D eigenvalue weighted by atomic mass is 9.67. The highest BCUT2D eigenvalue weighted by Crippen LogP contribution is 2.44. The number of carbonyl (C=O) groups is 2. The second-order valence-electron chi connectivity index (χ2n) is 8.49. The second kappa shape index (κ2) is 8.46. The van der Waals surface area contributed by atoms with Gasteiger partial charge >= 0.3 is 0 Å². The van der Waals surface area contributed by atoms with E-state index in [4.69, 9.17) is 9.73 Å². The molecule has 0 bridgehead atoms. The van der Waals surface area contributed by atoms with E-state index >= 15 is 0 Å². The molecule has 1 aromatic carbocycles. The van der Waals surface area contributed by atoms with Gasteiger partial charge in [0.25, 0.3) is 5.91 Å². The van der Waals surface area contributed by atoms with Crippen molar-refractivity contribution < 1.29 is 14.3 Å². The summed E-state index contributed by atoms with van der Waals surface area (Å²) in [6, 6.07) is 11.3. The van der Waals surface area contributed by atoms with E-state index in [-0.39, 0.29) is 17.6 Å². The number of aliphatic imine (C=N–C) groups is 1. The van der Waals surface area contributed by atoms with Gasteiger partial charge in [0, 0.05) is 35.5 Å². The summed E-state index contributed by atoms with van der Waals surface area (Å²) in [7, 11) is 1.61. The Bertz CT molecular complexity index is 1090. The van der Waals surface area contributed by atoms with Gasteiger partial charge in [-0.1, -0.05) is 25.1 Å². The summed E-state index contributed by atoms with van der Waals surface area (Å²) in [4.78, 5) is 35.6. The van der Waals surface area contributed by atoms with Crippen molar-refractivity contribution in [3.8, 4) is 5.75 Å². The molecule has 6 heteroatoms. The van der Waals surface area contributed by atoms with Crippen molar-refractivity contribution in [3.05, 3.63) is 65.0 Å². The summed E-state index contributed by atoms with van der Waals surface area (Å²) >= 11 is 0. The monoisotopic (exact) mass is 417 g/mol. The molecule has 4 rings (SSSR count).